The standard InChI is InChI=1S/C14H17N3.C11H11N.C4H10N2.4C2H6/c1-11-5-6-12-13(16-11)3-2-4-14(12)17-9-7-15-8-10-17;1-8-4-3-5-11-10(8)7-6-9(2)12-11;1-2-6-4-3-5-1;4*1-2/h2-6,15H,7-10H2,1H3;3-7H,1-2H3;5-6H,1-4H2;4*1-2H3. The molecule has 2 aromatic carbocycles. The third-order valence-electron chi connectivity index (χ3n) is 6.35. The molecule has 2 aromatic heterocycles. The van der Waals surface area contributed by atoms with Crippen molar-refractivity contribution in [3.05, 3.63) is 77.6 Å². The molecule has 240 valence electrons. The molecule has 2 aliphatic rings. The molecule has 0 atom stereocenters. The Morgan fingerprint density at radius 3 is 1.40 bits per heavy atom. The number of hydrogen-bond acceptors (Lipinski definition) is 6. The molecule has 43 heavy (non-hydrogen) atoms. The highest BCUT2D eigenvalue weighted by molar-refractivity contribution is 5.92. The lowest BCUT2D eigenvalue weighted by Gasteiger charge is -2.30. The monoisotopic (exact) mass is 591 g/mol. The van der Waals surface area contributed by atoms with Crippen molar-refractivity contribution in [3.8, 4) is 0 Å². The maximum Gasteiger partial charge on any atom is 0.0726 e. The zero-order valence-electron chi connectivity index (χ0n) is 29.3. The summed E-state index contributed by atoms with van der Waals surface area (Å²) < 4.78 is 0. The van der Waals surface area contributed by atoms with Gasteiger partial charge in [0.2, 0.25) is 0 Å². The van der Waals surface area contributed by atoms with E-state index < -0.39 is 0 Å². The number of fused-ring (bicyclic) bond motifs is 2. The molecule has 6 heteroatoms. The van der Waals surface area contributed by atoms with E-state index in [2.05, 4.69) is 92.3 Å². The van der Waals surface area contributed by atoms with Crippen LogP contribution in [0.15, 0.2) is 60.7 Å². The molecule has 0 radical (unpaired) electrons. The van der Waals surface area contributed by atoms with Gasteiger partial charge >= 0.3 is 0 Å². The van der Waals surface area contributed by atoms with Crippen LogP contribution in [0.3, 0.4) is 0 Å². The molecule has 4 aromatic rings. The average molecular weight is 591 g/mol. The van der Waals surface area contributed by atoms with Gasteiger partial charge in [-0.3, -0.25) is 9.97 Å². The molecule has 0 unspecified atom stereocenters. The van der Waals surface area contributed by atoms with E-state index in [0.717, 1.165) is 74.8 Å². The molecule has 0 amide bonds. The van der Waals surface area contributed by atoms with E-state index in [1.54, 1.807) is 0 Å². The van der Waals surface area contributed by atoms with Crippen LogP contribution in [-0.2, 0) is 0 Å². The fourth-order valence-electron chi connectivity index (χ4n) is 4.44. The maximum absolute atomic E-state index is 4.59. The summed E-state index contributed by atoms with van der Waals surface area (Å²) in [5, 5.41) is 12.3. The van der Waals surface area contributed by atoms with Gasteiger partial charge in [0.1, 0.15) is 0 Å². The molecule has 2 fully saturated rings. The van der Waals surface area contributed by atoms with Crippen molar-refractivity contribution in [1.82, 2.24) is 25.9 Å². The second-order valence-corrected chi connectivity index (χ2v) is 9.13. The summed E-state index contributed by atoms with van der Waals surface area (Å²) in [6.07, 6.45) is 0. The van der Waals surface area contributed by atoms with Gasteiger partial charge in [-0.1, -0.05) is 79.7 Å². The number of nitrogens with one attached hydrogen (secondary N) is 3. The van der Waals surface area contributed by atoms with Crippen LogP contribution in [0.25, 0.3) is 21.8 Å². The highest BCUT2D eigenvalue weighted by Crippen LogP contribution is 2.26. The van der Waals surface area contributed by atoms with Gasteiger partial charge < -0.3 is 20.9 Å². The smallest absolute Gasteiger partial charge is 0.0726 e. The number of benzene rings is 2. The fraction of sp³-hybridized carbons (Fsp3) is 0.514. The van der Waals surface area contributed by atoms with Crippen molar-refractivity contribution in [2.45, 2.75) is 76.2 Å². The lowest BCUT2D eigenvalue weighted by atomic mass is 10.1. The topological polar surface area (TPSA) is 65.1 Å². The average Bonchev–Trinajstić information content (AvgIpc) is 3.10. The first-order valence-electron chi connectivity index (χ1n) is 16.7. The van der Waals surface area contributed by atoms with E-state index >= 15 is 0 Å². The predicted molar refractivity (Wildman–Crippen MR) is 194 cm³/mol. The largest absolute Gasteiger partial charge is 0.368 e. The first-order valence-corrected chi connectivity index (χ1v) is 16.7. The molecule has 0 aliphatic carbocycles. The van der Waals surface area contributed by atoms with Crippen LogP contribution in [0.5, 0.6) is 0 Å². The van der Waals surface area contributed by atoms with E-state index in [9.17, 15) is 0 Å². The number of aryl methyl sites for hydroxylation is 3. The number of pyridine rings is 2. The Morgan fingerprint density at radius 1 is 0.488 bits per heavy atom. The van der Waals surface area contributed by atoms with Crippen molar-refractivity contribution in [3.63, 3.8) is 0 Å². The van der Waals surface area contributed by atoms with Crippen LogP contribution in [0, 0.1) is 20.8 Å². The Balaban J connectivity index is 0.000000592. The molecule has 0 saturated carbocycles. The molecule has 2 saturated heterocycles. The third kappa shape index (κ3) is 14.3. The zero-order chi connectivity index (χ0) is 32.5. The highest BCUT2D eigenvalue weighted by Gasteiger charge is 2.13. The number of rotatable bonds is 1. The molecule has 6 rings (SSSR count). The van der Waals surface area contributed by atoms with Crippen LogP contribution in [0.1, 0.15) is 72.3 Å². The molecule has 0 spiro atoms. The highest BCUT2D eigenvalue weighted by atomic mass is 15.2. The van der Waals surface area contributed by atoms with Crippen molar-refractivity contribution in [2.75, 3.05) is 57.3 Å². The molecule has 6 nitrogen and oxygen atoms in total. The van der Waals surface area contributed by atoms with Crippen LogP contribution in [0.4, 0.5) is 5.69 Å². The predicted octanol–water partition coefficient (Wildman–Crippen LogP) is 8.09. The number of aromatic nitrogens is 2. The Kier molecular flexibility index (Phi) is 23.6. The van der Waals surface area contributed by atoms with Gasteiger partial charge in [0.25, 0.3) is 0 Å². The molecule has 4 heterocycles. The first-order chi connectivity index (χ1) is 21.1. The van der Waals surface area contributed by atoms with Gasteiger partial charge in [-0.05, 0) is 62.7 Å². The van der Waals surface area contributed by atoms with E-state index in [4.69, 9.17) is 0 Å². The van der Waals surface area contributed by atoms with Crippen molar-refractivity contribution >= 4 is 27.5 Å². The van der Waals surface area contributed by atoms with Gasteiger partial charge in [-0.2, -0.15) is 0 Å². The quantitative estimate of drug-likeness (QED) is 0.208. The normalized spacial score (nSPS) is 13.3. The number of piperazine rings is 2. The minimum Gasteiger partial charge on any atom is -0.368 e. The third-order valence-corrected chi connectivity index (χ3v) is 6.35. The van der Waals surface area contributed by atoms with Gasteiger partial charge in [-0.25, -0.2) is 0 Å². The van der Waals surface area contributed by atoms with Gasteiger partial charge in [0.15, 0.2) is 0 Å². The van der Waals surface area contributed by atoms with Crippen LogP contribution in [0.2, 0.25) is 0 Å². The molecular formula is C37H62N6. The summed E-state index contributed by atoms with van der Waals surface area (Å²) >= 11 is 0. The van der Waals surface area contributed by atoms with Gasteiger partial charge in [0, 0.05) is 80.2 Å². The number of nitrogens with zero attached hydrogens (tertiary/aromatic N) is 3. The van der Waals surface area contributed by atoms with Gasteiger partial charge in [0.05, 0.1) is 11.0 Å². The molecule has 2 aliphatic heterocycles. The summed E-state index contributed by atoms with van der Waals surface area (Å²) in [7, 11) is 0. The van der Waals surface area contributed by atoms with E-state index in [1.807, 2.05) is 75.3 Å². The van der Waals surface area contributed by atoms with Gasteiger partial charge in [-0.15, -0.1) is 0 Å². The summed E-state index contributed by atoms with van der Waals surface area (Å²) in [4.78, 5) is 11.5. The van der Waals surface area contributed by atoms with Crippen LogP contribution >= 0.6 is 0 Å². The molecular weight excluding hydrogens is 528 g/mol. The second kappa shape index (κ2) is 25.4. The van der Waals surface area contributed by atoms with Crippen molar-refractivity contribution < 1.29 is 0 Å². The Labute approximate surface area is 264 Å². The SMILES string of the molecule is C1CNCCN1.CC.CC.CC.CC.Cc1ccc2c(C)cccc2n1.Cc1ccc2c(N3CCNCC3)cccc2n1. The zero-order valence-corrected chi connectivity index (χ0v) is 29.3. The first kappa shape index (κ1) is 39.9. The van der Waals surface area contributed by atoms with E-state index in [0.29, 0.717) is 0 Å². The minimum atomic E-state index is 1.07. The lowest BCUT2D eigenvalue weighted by Crippen LogP contribution is -2.43. The lowest BCUT2D eigenvalue weighted by molar-refractivity contribution is 0.534. The summed E-state index contributed by atoms with van der Waals surface area (Å²) in [5.41, 5.74) is 6.95. The Hall–Kier alpha value is -3.06. The molecule has 3 N–H and O–H groups in total. The van der Waals surface area contributed by atoms with Crippen molar-refractivity contribution in [2.24, 2.45) is 0 Å². The molecule has 0 bridgehead atoms. The Bertz CT molecular complexity index is 1220. The Morgan fingerprint density at radius 2 is 0.907 bits per heavy atom. The number of anilines is 1. The maximum atomic E-state index is 4.59. The van der Waals surface area contributed by atoms with Crippen LogP contribution in [-0.4, -0.2) is 62.3 Å². The van der Waals surface area contributed by atoms with E-state index in [-0.39, 0.29) is 0 Å². The van der Waals surface area contributed by atoms with Crippen molar-refractivity contribution in [1.29, 1.82) is 0 Å². The summed E-state index contributed by atoms with van der Waals surface area (Å²) in [6, 6.07) is 21.1. The number of hydrogen-bond donors (Lipinski definition) is 3. The second-order valence-electron chi connectivity index (χ2n) is 9.13. The summed E-state index contributed by atoms with van der Waals surface area (Å²) in [5.74, 6) is 0. The fourth-order valence-corrected chi connectivity index (χ4v) is 4.44. The van der Waals surface area contributed by atoms with Crippen LogP contribution < -0.4 is 20.9 Å². The summed E-state index contributed by atoms with van der Waals surface area (Å²) in [6.45, 7) is 31.0. The van der Waals surface area contributed by atoms with E-state index in [1.165, 1.54) is 22.0 Å². The minimum absolute atomic E-state index is 1.07.